The second-order valence-corrected chi connectivity index (χ2v) is 6.57. The number of carbonyl (C=O) groups excluding carboxylic acids is 1. The van der Waals surface area contributed by atoms with Crippen molar-refractivity contribution >= 4 is 38.6 Å². The zero-order valence-corrected chi connectivity index (χ0v) is 12.4. The van der Waals surface area contributed by atoms with Gasteiger partial charge in [-0.05, 0) is 18.2 Å². The van der Waals surface area contributed by atoms with Crippen LogP contribution in [0.5, 0.6) is 0 Å². The zero-order chi connectivity index (χ0) is 13.8. The monoisotopic (exact) mass is 387 g/mol. The molecule has 1 N–H and O–H groups in total. The lowest BCUT2D eigenvalue weighted by Crippen LogP contribution is -2.33. The maximum Gasteiger partial charge on any atom is 0.319 e. The molecule has 0 amide bonds. The van der Waals surface area contributed by atoms with Gasteiger partial charge >= 0.3 is 5.97 Å². The molecule has 18 heavy (non-hydrogen) atoms. The standard InChI is InChI=1S/C10H11FINO4S/c1-17-10(14)9(12)6-13-18(15,16)8-4-2-3-7(11)5-8/h2-5,9,13H,6H2,1H3. The van der Waals surface area contributed by atoms with Crippen molar-refractivity contribution in [3.63, 3.8) is 0 Å². The Morgan fingerprint density at radius 2 is 2.22 bits per heavy atom. The number of alkyl halides is 1. The fourth-order valence-electron chi connectivity index (χ4n) is 1.11. The van der Waals surface area contributed by atoms with Gasteiger partial charge in [0.1, 0.15) is 9.74 Å². The van der Waals surface area contributed by atoms with Crippen LogP contribution in [0.4, 0.5) is 4.39 Å². The van der Waals surface area contributed by atoms with Gasteiger partial charge in [0.15, 0.2) is 0 Å². The molecule has 0 bridgehead atoms. The summed E-state index contributed by atoms with van der Waals surface area (Å²) in [5.74, 6) is -1.17. The van der Waals surface area contributed by atoms with Crippen LogP contribution in [-0.4, -0.2) is 32.0 Å². The Bertz CT molecular complexity index is 534. The minimum absolute atomic E-state index is 0.119. The van der Waals surface area contributed by atoms with Gasteiger partial charge < -0.3 is 4.74 Å². The van der Waals surface area contributed by atoms with Crippen molar-refractivity contribution in [3.8, 4) is 0 Å². The number of sulfonamides is 1. The third-order valence-electron chi connectivity index (χ3n) is 2.02. The van der Waals surface area contributed by atoms with E-state index >= 15 is 0 Å². The van der Waals surface area contributed by atoms with E-state index in [0.29, 0.717) is 0 Å². The first-order chi connectivity index (χ1) is 8.36. The topological polar surface area (TPSA) is 72.5 Å². The molecular formula is C10H11FINO4S. The van der Waals surface area contributed by atoms with Crippen LogP contribution in [0.1, 0.15) is 0 Å². The lowest BCUT2D eigenvalue weighted by Gasteiger charge is -2.10. The van der Waals surface area contributed by atoms with Crippen molar-refractivity contribution < 1.29 is 22.3 Å². The van der Waals surface area contributed by atoms with Gasteiger partial charge in [-0.3, -0.25) is 4.79 Å². The van der Waals surface area contributed by atoms with E-state index in [1.807, 2.05) is 0 Å². The van der Waals surface area contributed by atoms with Crippen LogP contribution in [0, 0.1) is 5.82 Å². The summed E-state index contributed by atoms with van der Waals surface area (Å²) in [6.07, 6.45) is 0. The summed E-state index contributed by atoms with van der Waals surface area (Å²) in [6.45, 7) is -0.119. The lowest BCUT2D eigenvalue weighted by atomic mass is 10.4. The van der Waals surface area contributed by atoms with Gasteiger partial charge in [-0.15, -0.1) is 0 Å². The molecule has 0 aliphatic rings. The largest absolute Gasteiger partial charge is 0.468 e. The molecule has 1 unspecified atom stereocenters. The number of nitrogens with one attached hydrogen (secondary N) is 1. The Labute approximate surface area is 118 Å². The van der Waals surface area contributed by atoms with Gasteiger partial charge in [-0.2, -0.15) is 0 Å². The van der Waals surface area contributed by atoms with Gasteiger partial charge in [-0.1, -0.05) is 28.7 Å². The van der Waals surface area contributed by atoms with E-state index in [4.69, 9.17) is 0 Å². The molecule has 0 saturated carbocycles. The average Bonchev–Trinajstić information content (AvgIpc) is 2.35. The number of methoxy groups -OCH3 is 1. The molecule has 0 aromatic heterocycles. The molecular weight excluding hydrogens is 376 g/mol. The highest BCUT2D eigenvalue weighted by Crippen LogP contribution is 2.11. The summed E-state index contributed by atoms with van der Waals surface area (Å²) < 4.78 is 42.5. The number of hydrogen-bond acceptors (Lipinski definition) is 4. The number of benzene rings is 1. The molecule has 0 spiro atoms. The van der Waals surface area contributed by atoms with E-state index < -0.39 is 25.7 Å². The van der Waals surface area contributed by atoms with E-state index in [9.17, 15) is 17.6 Å². The van der Waals surface area contributed by atoms with E-state index in [2.05, 4.69) is 9.46 Å². The molecule has 0 fully saturated rings. The fraction of sp³-hybridized carbons (Fsp3) is 0.300. The Morgan fingerprint density at radius 3 is 2.78 bits per heavy atom. The maximum atomic E-state index is 12.9. The summed E-state index contributed by atoms with van der Waals surface area (Å²) >= 11 is 1.76. The van der Waals surface area contributed by atoms with Gasteiger partial charge in [0.2, 0.25) is 10.0 Å². The fourth-order valence-corrected chi connectivity index (χ4v) is 2.96. The molecule has 1 rings (SSSR count). The second-order valence-electron chi connectivity index (χ2n) is 3.30. The first-order valence-corrected chi connectivity index (χ1v) is 7.57. The van der Waals surface area contributed by atoms with E-state index in [1.165, 1.54) is 19.2 Å². The third kappa shape index (κ3) is 4.18. The summed E-state index contributed by atoms with van der Waals surface area (Å²) in [5, 5.41) is 0. The normalized spacial score (nSPS) is 13.1. The number of halogens is 2. The smallest absolute Gasteiger partial charge is 0.319 e. The predicted octanol–water partition coefficient (Wildman–Crippen LogP) is 1.08. The molecule has 0 heterocycles. The van der Waals surface area contributed by atoms with Crippen LogP contribution < -0.4 is 4.72 Å². The highest BCUT2D eigenvalue weighted by Gasteiger charge is 2.20. The number of rotatable bonds is 5. The van der Waals surface area contributed by atoms with Gasteiger partial charge in [0, 0.05) is 6.54 Å². The molecule has 5 nitrogen and oxygen atoms in total. The maximum absolute atomic E-state index is 12.9. The van der Waals surface area contributed by atoms with Gasteiger partial charge in [0.05, 0.1) is 12.0 Å². The van der Waals surface area contributed by atoms with Crippen molar-refractivity contribution in [2.45, 2.75) is 8.82 Å². The van der Waals surface area contributed by atoms with Crippen LogP contribution >= 0.6 is 22.6 Å². The number of hydrogen-bond donors (Lipinski definition) is 1. The minimum atomic E-state index is -3.82. The molecule has 1 aromatic rings. The van der Waals surface area contributed by atoms with E-state index in [0.717, 1.165) is 12.1 Å². The average molecular weight is 387 g/mol. The molecule has 100 valence electrons. The quantitative estimate of drug-likeness (QED) is 0.466. The molecule has 0 aliphatic heterocycles. The summed E-state index contributed by atoms with van der Waals surface area (Å²) in [7, 11) is -2.60. The zero-order valence-electron chi connectivity index (χ0n) is 9.39. The van der Waals surface area contributed by atoms with E-state index in [1.54, 1.807) is 22.6 Å². The predicted molar refractivity (Wildman–Crippen MR) is 71.4 cm³/mol. The second kappa shape index (κ2) is 6.43. The first kappa shape index (κ1) is 15.3. The molecule has 1 atom stereocenters. The van der Waals surface area contributed by atoms with Crippen LogP contribution in [0.25, 0.3) is 0 Å². The van der Waals surface area contributed by atoms with Crippen LogP contribution in [0.3, 0.4) is 0 Å². The van der Waals surface area contributed by atoms with Gasteiger partial charge in [0.25, 0.3) is 0 Å². The Balaban J connectivity index is 2.75. The molecule has 8 heteroatoms. The highest BCUT2D eigenvalue weighted by molar-refractivity contribution is 14.1. The van der Waals surface area contributed by atoms with Gasteiger partial charge in [-0.25, -0.2) is 17.5 Å². The number of ether oxygens (including phenoxy) is 1. The summed E-state index contributed by atoms with van der Waals surface area (Å²) in [4.78, 5) is 10.9. The van der Waals surface area contributed by atoms with Crippen LogP contribution in [-0.2, 0) is 19.6 Å². The first-order valence-electron chi connectivity index (χ1n) is 4.84. The molecule has 0 radical (unpaired) electrons. The van der Waals surface area contributed by atoms with Crippen molar-refractivity contribution in [1.82, 2.24) is 4.72 Å². The van der Waals surface area contributed by atoms with Crippen molar-refractivity contribution in [1.29, 1.82) is 0 Å². The minimum Gasteiger partial charge on any atom is -0.468 e. The molecule has 0 saturated heterocycles. The SMILES string of the molecule is COC(=O)C(I)CNS(=O)(=O)c1cccc(F)c1. The molecule has 0 aliphatic carbocycles. The van der Waals surface area contributed by atoms with Crippen molar-refractivity contribution in [2.75, 3.05) is 13.7 Å². The molecule has 1 aromatic carbocycles. The third-order valence-corrected chi connectivity index (χ3v) is 4.39. The highest BCUT2D eigenvalue weighted by atomic mass is 127. The summed E-state index contributed by atoms with van der Waals surface area (Å²) in [5.41, 5.74) is 0. The lowest BCUT2D eigenvalue weighted by molar-refractivity contribution is -0.139. The Kier molecular flexibility index (Phi) is 5.47. The Hall–Kier alpha value is -0.740. The number of esters is 1. The van der Waals surface area contributed by atoms with Crippen molar-refractivity contribution in [2.24, 2.45) is 0 Å². The van der Waals surface area contributed by atoms with Crippen LogP contribution in [0.15, 0.2) is 29.2 Å². The number of carbonyl (C=O) groups is 1. The summed E-state index contributed by atoms with van der Waals surface area (Å²) in [6, 6.07) is 4.62. The van der Waals surface area contributed by atoms with E-state index in [-0.39, 0.29) is 11.4 Å². The van der Waals surface area contributed by atoms with Crippen LogP contribution in [0.2, 0.25) is 0 Å². The Morgan fingerprint density at radius 1 is 1.56 bits per heavy atom. The van der Waals surface area contributed by atoms with Crippen molar-refractivity contribution in [3.05, 3.63) is 30.1 Å².